The van der Waals surface area contributed by atoms with Gasteiger partial charge >= 0.3 is 0 Å². The van der Waals surface area contributed by atoms with E-state index < -0.39 is 15.7 Å². The second-order valence-corrected chi connectivity index (χ2v) is 6.27. The molecule has 0 amide bonds. The highest BCUT2D eigenvalue weighted by atomic mass is 32.2. The van der Waals surface area contributed by atoms with Crippen LogP contribution in [0.2, 0.25) is 0 Å². The van der Waals surface area contributed by atoms with Crippen molar-refractivity contribution in [3.63, 3.8) is 0 Å². The Hall–Kier alpha value is -1.88. The van der Waals surface area contributed by atoms with Crippen molar-refractivity contribution in [1.82, 2.24) is 0 Å². The maximum Gasteiger partial charge on any atom is 0.175 e. The Morgan fingerprint density at radius 1 is 1.11 bits per heavy atom. The van der Waals surface area contributed by atoms with Gasteiger partial charge in [-0.15, -0.1) is 0 Å². The largest absolute Gasteiger partial charge is 0.379 e. The molecular formula is C14H14FNO2S. The van der Waals surface area contributed by atoms with Gasteiger partial charge in [0, 0.05) is 12.8 Å². The number of halogens is 1. The molecule has 0 saturated carbocycles. The summed E-state index contributed by atoms with van der Waals surface area (Å²) in [5.41, 5.74) is 1.31. The molecule has 0 fully saturated rings. The summed E-state index contributed by atoms with van der Waals surface area (Å²) in [6.45, 7) is 0.482. The first-order valence-electron chi connectivity index (χ1n) is 5.74. The molecule has 0 radical (unpaired) electrons. The fraction of sp³-hybridized carbons (Fsp3) is 0.143. The second kappa shape index (κ2) is 5.40. The Kier molecular flexibility index (Phi) is 3.85. The number of nitrogens with one attached hydrogen (secondary N) is 1. The molecule has 0 unspecified atom stereocenters. The Bertz CT molecular complexity index is 669. The van der Waals surface area contributed by atoms with Crippen molar-refractivity contribution in [2.24, 2.45) is 0 Å². The van der Waals surface area contributed by atoms with Gasteiger partial charge < -0.3 is 5.32 Å². The second-order valence-electron chi connectivity index (χ2n) is 4.25. The molecule has 0 heterocycles. The van der Waals surface area contributed by atoms with Crippen molar-refractivity contribution in [2.45, 2.75) is 11.4 Å². The summed E-state index contributed by atoms with van der Waals surface area (Å²) in [4.78, 5) is -0.0183. The summed E-state index contributed by atoms with van der Waals surface area (Å²) in [6.07, 6.45) is 1.05. The predicted octanol–water partition coefficient (Wildman–Crippen LogP) is 2.84. The van der Waals surface area contributed by atoms with Gasteiger partial charge in [-0.3, -0.25) is 0 Å². The zero-order valence-electron chi connectivity index (χ0n) is 10.4. The molecule has 0 bridgehead atoms. The topological polar surface area (TPSA) is 46.2 Å². The van der Waals surface area contributed by atoms with Gasteiger partial charge in [0.05, 0.1) is 10.6 Å². The molecule has 0 aliphatic carbocycles. The highest BCUT2D eigenvalue weighted by molar-refractivity contribution is 7.90. The molecule has 3 nitrogen and oxygen atoms in total. The van der Waals surface area contributed by atoms with Crippen LogP contribution >= 0.6 is 0 Å². The SMILES string of the molecule is CS(=O)(=O)c1ccc(NCc2ccccc2)c(F)c1. The fourth-order valence-electron chi connectivity index (χ4n) is 1.66. The first-order valence-corrected chi connectivity index (χ1v) is 7.63. The average Bonchev–Trinajstić information content (AvgIpc) is 2.37. The minimum Gasteiger partial charge on any atom is -0.379 e. The number of hydrogen-bond acceptors (Lipinski definition) is 3. The molecule has 19 heavy (non-hydrogen) atoms. The maximum atomic E-state index is 13.8. The lowest BCUT2D eigenvalue weighted by atomic mass is 10.2. The van der Waals surface area contributed by atoms with E-state index in [1.807, 2.05) is 30.3 Å². The van der Waals surface area contributed by atoms with Gasteiger partial charge in [0.2, 0.25) is 0 Å². The summed E-state index contributed by atoms with van der Waals surface area (Å²) < 4.78 is 36.3. The van der Waals surface area contributed by atoms with Crippen LogP contribution in [0.1, 0.15) is 5.56 Å². The third kappa shape index (κ3) is 3.54. The number of anilines is 1. The van der Waals surface area contributed by atoms with E-state index in [9.17, 15) is 12.8 Å². The summed E-state index contributed by atoms with van der Waals surface area (Å²) in [6, 6.07) is 13.4. The average molecular weight is 279 g/mol. The van der Waals surface area contributed by atoms with E-state index in [1.54, 1.807) is 0 Å². The fourth-order valence-corrected chi connectivity index (χ4v) is 2.30. The third-order valence-corrected chi connectivity index (χ3v) is 3.80. The predicted molar refractivity (Wildman–Crippen MR) is 73.3 cm³/mol. The van der Waals surface area contributed by atoms with Crippen molar-refractivity contribution >= 4 is 15.5 Å². The van der Waals surface area contributed by atoms with Crippen molar-refractivity contribution in [3.8, 4) is 0 Å². The van der Waals surface area contributed by atoms with Gasteiger partial charge in [0.1, 0.15) is 5.82 Å². The van der Waals surface area contributed by atoms with Gasteiger partial charge in [0.25, 0.3) is 0 Å². The Morgan fingerprint density at radius 3 is 2.37 bits per heavy atom. The van der Waals surface area contributed by atoms with Gasteiger partial charge in [-0.2, -0.15) is 0 Å². The summed E-state index contributed by atoms with van der Waals surface area (Å²) >= 11 is 0. The molecule has 0 atom stereocenters. The van der Waals surface area contributed by atoms with Crippen LogP contribution in [0.3, 0.4) is 0 Å². The Morgan fingerprint density at radius 2 is 1.79 bits per heavy atom. The first kappa shape index (κ1) is 13.5. The van der Waals surface area contributed by atoms with E-state index >= 15 is 0 Å². The van der Waals surface area contributed by atoms with Crippen molar-refractivity contribution in [1.29, 1.82) is 0 Å². The molecule has 5 heteroatoms. The Balaban J connectivity index is 2.14. The van der Waals surface area contributed by atoms with Crippen LogP contribution < -0.4 is 5.32 Å². The lowest BCUT2D eigenvalue weighted by Crippen LogP contribution is -2.03. The highest BCUT2D eigenvalue weighted by Gasteiger charge is 2.10. The number of benzene rings is 2. The molecule has 2 rings (SSSR count). The van der Waals surface area contributed by atoms with Crippen LogP contribution in [0, 0.1) is 5.82 Å². The molecular weight excluding hydrogens is 265 g/mol. The molecule has 2 aromatic carbocycles. The van der Waals surface area contributed by atoms with Gasteiger partial charge in [0.15, 0.2) is 9.84 Å². The van der Waals surface area contributed by atoms with Crippen molar-refractivity contribution in [3.05, 3.63) is 59.9 Å². The smallest absolute Gasteiger partial charge is 0.175 e. The number of sulfone groups is 1. The first-order chi connectivity index (χ1) is 8.97. The van der Waals surface area contributed by atoms with Gasteiger partial charge in [-0.25, -0.2) is 12.8 Å². The monoisotopic (exact) mass is 279 g/mol. The van der Waals surface area contributed by atoms with Crippen molar-refractivity contribution in [2.75, 3.05) is 11.6 Å². The van der Waals surface area contributed by atoms with E-state index in [0.29, 0.717) is 6.54 Å². The molecule has 0 saturated heterocycles. The van der Waals surface area contributed by atoms with Crippen LogP contribution in [0.25, 0.3) is 0 Å². The van der Waals surface area contributed by atoms with E-state index in [-0.39, 0.29) is 10.6 Å². The maximum absolute atomic E-state index is 13.8. The zero-order chi connectivity index (χ0) is 13.9. The van der Waals surface area contributed by atoms with Crippen LogP contribution in [0.15, 0.2) is 53.4 Å². The third-order valence-electron chi connectivity index (χ3n) is 2.69. The molecule has 0 aliphatic heterocycles. The molecule has 100 valence electrons. The number of hydrogen-bond donors (Lipinski definition) is 1. The minimum absolute atomic E-state index is 0.0183. The standard InChI is InChI=1S/C14H14FNO2S/c1-19(17,18)12-7-8-14(13(15)9-12)16-10-11-5-3-2-4-6-11/h2-9,16H,10H2,1H3. The molecule has 2 aromatic rings. The van der Waals surface area contributed by atoms with Gasteiger partial charge in [-0.05, 0) is 23.8 Å². The van der Waals surface area contributed by atoms with Crippen molar-refractivity contribution < 1.29 is 12.8 Å². The quantitative estimate of drug-likeness (QED) is 0.936. The summed E-state index contributed by atoms with van der Waals surface area (Å²) in [7, 11) is -3.38. The molecule has 0 aliphatic rings. The lowest BCUT2D eigenvalue weighted by Gasteiger charge is -2.08. The highest BCUT2D eigenvalue weighted by Crippen LogP contribution is 2.19. The zero-order valence-corrected chi connectivity index (χ0v) is 11.2. The Labute approximate surface area is 112 Å². The van der Waals surface area contributed by atoms with Crippen LogP contribution in [0.5, 0.6) is 0 Å². The molecule has 0 aromatic heterocycles. The molecule has 1 N–H and O–H groups in total. The van der Waals surface area contributed by atoms with E-state index in [2.05, 4.69) is 5.32 Å². The van der Waals surface area contributed by atoms with Gasteiger partial charge in [-0.1, -0.05) is 30.3 Å². The molecule has 0 spiro atoms. The van der Waals surface area contributed by atoms with E-state index in [4.69, 9.17) is 0 Å². The van der Waals surface area contributed by atoms with Crippen LogP contribution in [-0.2, 0) is 16.4 Å². The van der Waals surface area contributed by atoms with E-state index in [1.165, 1.54) is 12.1 Å². The lowest BCUT2D eigenvalue weighted by molar-refractivity contribution is 0.596. The van der Waals surface area contributed by atoms with E-state index in [0.717, 1.165) is 17.9 Å². The number of rotatable bonds is 4. The summed E-state index contributed by atoms with van der Waals surface area (Å²) in [5, 5.41) is 2.94. The summed E-state index contributed by atoms with van der Waals surface area (Å²) in [5.74, 6) is -0.571. The van der Waals surface area contributed by atoms with Crippen LogP contribution in [-0.4, -0.2) is 14.7 Å². The normalized spacial score (nSPS) is 11.3. The van der Waals surface area contributed by atoms with Crippen LogP contribution in [0.4, 0.5) is 10.1 Å². The minimum atomic E-state index is -3.38.